The van der Waals surface area contributed by atoms with Gasteiger partial charge in [-0.1, -0.05) is 22.6 Å². The van der Waals surface area contributed by atoms with Crippen molar-refractivity contribution in [3.05, 3.63) is 39.5 Å². The van der Waals surface area contributed by atoms with Gasteiger partial charge in [-0.3, -0.25) is 0 Å². The van der Waals surface area contributed by atoms with Crippen molar-refractivity contribution >= 4 is 27.6 Å². The number of fused-ring (bicyclic) bond motifs is 1. The van der Waals surface area contributed by atoms with Crippen molar-refractivity contribution in [2.75, 3.05) is 0 Å². The van der Waals surface area contributed by atoms with Crippen molar-refractivity contribution in [2.24, 2.45) is 0 Å². The lowest BCUT2D eigenvalue weighted by Gasteiger charge is -1.95. The van der Waals surface area contributed by atoms with Crippen molar-refractivity contribution in [1.29, 1.82) is 0 Å². The van der Waals surface area contributed by atoms with Crippen LogP contribution >= 0.6 is 22.7 Å². The average Bonchev–Trinajstić information content (AvgIpc) is 3.19. The number of aryl methyl sites for hydroxylation is 2. The maximum absolute atomic E-state index is 5.20. The van der Waals surface area contributed by atoms with E-state index in [2.05, 4.69) is 20.5 Å². The van der Waals surface area contributed by atoms with E-state index in [0.717, 1.165) is 37.7 Å². The van der Waals surface area contributed by atoms with Crippen LogP contribution in [-0.2, 0) is 6.42 Å². The zero-order valence-corrected chi connectivity index (χ0v) is 13.0. The molecule has 8 heteroatoms. The first-order valence-electron chi connectivity index (χ1n) is 6.39. The summed E-state index contributed by atoms with van der Waals surface area (Å²) in [7, 11) is 0. The van der Waals surface area contributed by atoms with Crippen LogP contribution in [-0.4, -0.2) is 25.0 Å². The molecule has 0 bridgehead atoms. The van der Waals surface area contributed by atoms with Gasteiger partial charge in [-0.2, -0.15) is 9.61 Å². The molecule has 4 heterocycles. The Labute approximate surface area is 128 Å². The fourth-order valence-electron chi connectivity index (χ4n) is 2.19. The minimum absolute atomic E-state index is 0.707. The zero-order chi connectivity index (χ0) is 14.4. The number of aromatic nitrogens is 5. The van der Waals surface area contributed by atoms with Gasteiger partial charge in [0.1, 0.15) is 10.8 Å². The van der Waals surface area contributed by atoms with Gasteiger partial charge in [0.25, 0.3) is 0 Å². The molecule has 0 atom stereocenters. The van der Waals surface area contributed by atoms with E-state index in [-0.39, 0.29) is 0 Å². The molecule has 0 radical (unpaired) electrons. The van der Waals surface area contributed by atoms with Crippen molar-refractivity contribution < 1.29 is 4.52 Å². The highest BCUT2D eigenvalue weighted by atomic mass is 32.1. The first kappa shape index (κ1) is 12.7. The van der Waals surface area contributed by atoms with Crippen LogP contribution in [0, 0.1) is 13.8 Å². The molecule has 0 N–H and O–H groups in total. The van der Waals surface area contributed by atoms with E-state index in [9.17, 15) is 0 Å². The average molecular weight is 317 g/mol. The van der Waals surface area contributed by atoms with Crippen LogP contribution < -0.4 is 0 Å². The molecule has 0 aliphatic carbocycles. The molecule has 0 aliphatic rings. The van der Waals surface area contributed by atoms with Crippen molar-refractivity contribution in [2.45, 2.75) is 20.3 Å². The molecule has 0 aliphatic heterocycles. The quantitative estimate of drug-likeness (QED) is 0.581. The molecule has 0 aromatic carbocycles. The molecule has 106 valence electrons. The molecule has 0 saturated heterocycles. The van der Waals surface area contributed by atoms with Gasteiger partial charge in [-0.05, 0) is 25.3 Å². The smallest absolute Gasteiger partial charge is 0.235 e. The molecule has 4 rings (SSSR count). The zero-order valence-electron chi connectivity index (χ0n) is 11.4. The van der Waals surface area contributed by atoms with Crippen LogP contribution in [0.3, 0.4) is 0 Å². The summed E-state index contributed by atoms with van der Waals surface area (Å²) in [6.45, 7) is 3.87. The lowest BCUT2D eigenvalue weighted by atomic mass is 10.1. The van der Waals surface area contributed by atoms with E-state index in [1.165, 1.54) is 0 Å². The van der Waals surface area contributed by atoms with Crippen LogP contribution in [0.1, 0.15) is 22.0 Å². The summed E-state index contributed by atoms with van der Waals surface area (Å²) < 4.78 is 7.01. The standard InChI is InChI=1S/C13H11N5OS2/c1-7-9(8(2)19-17-7)6-11-16-18-12(10-4-3-5-20-10)14-15-13(18)21-11/h3-5H,6H2,1-2H3. The second kappa shape index (κ2) is 4.74. The van der Waals surface area contributed by atoms with Crippen molar-refractivity contribution in [1.82, 2.24) is 25.0 Å². The number of nitrogens with zero attached hydrogens (tertiary/aromatic N) is 5. The Morgan fingerprint density at radius 1 is 1.29 bits per heavy atom. The van der Waals surface area contributed by atoms with Gasteiger partial charge >= 0.3 is 0 Å². The second-order valence-corrected chi connectivity index (χ2v) is 6.66. The predicted octanol–water partition coefficient (Wildman–Crippen LogP) is 3.11. The number of hydrogen-bond donors (Lipinski definition) is 0. The summed E-state index contributed by atoms with van der Waals surface area (Å²) in [4.78, 5) is 1.87. The van der Waals surface area contributed by atoms with E-state index >= 15 is 0 Å². The topological polar surface area (TPSA) is 69.1 Å². The normalized spacial score (nSPS) is 11.5. The summed E-state index contributed by atoms with van der Waals surface area (Å²) in [5.74, 6) is 1.64. The molecule has 4 aromatic heterocycles. The highest BCUT2D eigenvalue weighted by molar-refractivity contribution is 7.16. The molecule has 21 heavy (non-hydrogen) atoms. The summed E-state index contributed by atoms with van der Waals surface area (Å²) in [6, 6.07) is 4.02. The minimum atomic E-state index is 0.707. The Morgan fingerprint density at radius 3 is 2.90 bits per heavy atom. The first-order valence-corrected chi connectivity index (χ1v) is 8.09. The summed E-state index contributed by atoms with van der Waals surface area (Å²) in [5, 5.41) is 20.0. The molecule has 0 amide bonds. The van der Waals surface area contributed by atoms with E-state index in [1.54, 1.807) is 22.7 Å². The molecule has 0 spiro atoms. The summed E-state index contributed by atoms with van der Waals surface area (Å²) in [6.07, 6.45) is 0.707. The molecule has 6 nitrogen and oxygen atoms in total. The highest BCUT2D eigenvalue weighted by Crippen LogP contribution is 2.26. The lowest BCUT2D eigenvalue weighted by Crippen LogP contribution is -1.94. The van der Waals surface area contributed by atoms with E-state index in [4.69, 9.17) is 4.52 Å². The first-order chi connectivity index (χ1) is 10.2. The van der Waals surface area contributed by atoms with Gasteiger partial charge in [0, 0.05) is 12.0 Å². The monoisotopic (exact) mass is 317 g/mol. The highest BCUT2D eigenvalue weighted by Gasteiger charge is 2.17. The third-order valence-electron chi connectivity index (χ3n) is 3.28. The van der Waals surface area contributed by atoms with Gasteiger partial charge in [0.05, 0.1) is 10.6 Å². The summed E-state index contributed by atoms with van der Waals surface area (Å²) >= 11 is 3.18. The van der Waals surface area contributed by atoms with E-state index in [0.29, 0.717) is 6.42 Å². The van der Waals surface area contributed by atoms with E-state index < -0.39 is 0 Å². The van der Waals surface area contributed by atoms with Gasteiger partial charge in [0.15, 0.2) is 5.82 Å². The van der Waals surface area contributed by atoms with Crippen LogP contribution in [0.2, 0.25) is 0 Å². The third-order valence-corrected chi connectivity index (χ3v) is 5.05. The predicted molar refractivity (Wildman–Crippen MR) is 80.8 cm³/mol. The van der Waals surface area contributed by atoms with Crippen molar-refractivity contribution in [3.63, 3.8) is 0 Å². The molecule has 0 saturated carbocycles. The van der Waals surface area contributed by atoms with Crippen LogP contribution in [0.15, 0.2) is 22.0 Å². The molecular weight excluding hydrogens is 306 g/mol. The van der Waals surface area contributed by atoms with E-state index in [1.807, 2.05) is 35.9 Å². The maximum atomic E-state index is 5.20. The third kappa shape index (κ3) is 2.07. The Balaban J connectivity index is 1.75. The molecule has 0 fully saturated rings. The van der Waals surface area contributed by atoms with Crippen LogP contribution in [0.4, 0.5) is 0 Å². The van der Waals surface area contributed by atoms with Gasteiger partial charge < -0.3 is 4.52 Å². The number of hydrogen-bond acceptors (Lipinski definition) is 7. The minimum Gasteiger partial charge on any atom is -0.361 e. The second-order valence-electron chi connectivity index (χ2n) is 4.67. The largest absolute Gasteiger partial charge is 0.361 e. The molecular formula is C13H11N5OS2. The SMILES string of the molecule is Cc1noc(C)c1Cc1nn2c(-c3cccs3)nnc2s1. The fourth-order valence-corrected chi connectivity index (χ4v) is 3.73. The molecule has 0 unspecified atom stereocenters. The lowest BCUT2D eigenvalue weighted by molar-refractivity contribution is 0.392. The van der Waals surface area contributed by atoms with Crippen molar-refractivity contribution in [3.8, 4) is 10.7 Å². The van der Waals surface area contributed by atoms with Crippen LogP contribution in [0.5, 0.6) is 0 Å². The Morgan fingerprint density at radius 2 is 2.19 bits per heavy atom. The number of rotatable bonds is 3. The van der Waals surface area contributed by atoms with Gasteiger partial charge in [-0.15, -0.1) is 21.5 Å². The number of thiophene rings is 1. The fraction of sp³-hybridized carbons (Fsp3) is 0.231. The molecule has 4 aromatic rings. The van der Waals surface area contributed by atoms with Crippen LogP contribution in [0.25, 0.3) is 15.7 Å². The Bertz CT molecular complexity index is 883. The Hall–Kier alpha value is -2.06. The van der Waals surface area contributed by atoms with Gasteiger partial charge in [0.2, 0.25) is 4.96 Å². The maximum Gasteiger partial charge on any atom is 0.235 e. The van der Waals surface area contributed by atoms with Gasteiger partial charge in [-0.25, -0.2) is 0 Å². The summed E-state index contributed by atoms with van der Waals surface area (Å²) in [5.41, 5.74) is 2.01. The Kier molecular flexibility index (Phi) is 2.86.